The summed E-state index contributed by atoms with van der Waals surface area (Å²) in [6, 6.07) is 5.19. The number of aromatic nitrogens is 3. The third kappa shape index (κ3) is 4.94. The van der Waals surface area contributed by atoms with Crippen LogP contribution in [0, 0.1) is 6.92 Å². The lowest BCUT2D eigenvalue weighted by molar-refractivity contribution is -0.117. The van der Waals surface area contributed by atoms with Gasteiger partial charge in [-0.05, 0) is 43.2 Å². The molecule has 0 bridgehead atoms. The molecule has 9 nitrogen and oxygen atoms in total. The van der Waals surface area contributed by atoms with Crippen molar-refractivity contribution >= 4 is 46.6 Å². The van der Waals surface area contributed by atoms with E-state index in [1.54, 1.807) is 31.6 Å². The molecule has 2 aliphatic heterocycles. The van der Waals surface area contributed by atoms with Gasteiger partial charge in [0.1, 0.15) is 16.6 Å². The van der Waals surface area contributed by atoms with Gasteiger partial charge >= 0.3 is 0 Å². The fourth-order valence-corrected chi connectivity index (χ4v) is 5.25. The molecule has 0 radical (unpaired) electrons. The number of pyridine rings is 1. The van der Waals surface area contributed by atoms with Crippen LogP contribution in [0.3, 0.4) is 0 Å². The highest BCUT2D eigenvalue weighted by Crippen LogP contribution is 2.48. The van der Waals surface area contributed by atoms with Crippen molar-refractivity contribution in [1.29, 1.82) is 0 Å². The molecule has 2 N–H and O–H groups in total. The van der Waals surface area contributed by atoms with Gasteiger partial charge in [-0.15, -0.1) is 0 Å². The summed E-state index contributed by atoms with van der Waals surface area (Å²) in [5.41, 5.74) is 4.07. The molecule has 1 fully saturated rings. The fraction of sp³-hybridized carbons (Fsp3) is 0.308. The Morgan fingerprint density at radius 3 is 2.89 bits per heavy atom. The summed E-state index contributed by atoms with van der Waals surface area (Å²) in [5.74, 6) is 1.40. The largest absolute Gasteiger partial charge is 0.495 e. The Balaban J connectivity index is 1.51. The topological polar surface area (TPSA) is 102 Å². The van der Waals surface area contributed by atoms with Gasteiger partial charge in [-0.25, -0.2) is 15.0 Å². The van der Waals surface area contributed by atoms with Crippen molar-refractivity contribution in [2.45, 2.75) is 32.0 Å². The zero-order chi connectivity index (χ0) is 26.1. The highest BCUT2D eigenvalue weighted by atomic mass is 35.5. The van der Waals surface area contributed by atoms with E-state index in [2.05, 4.69) is 22.2 Å². The number of amides is 1. The molecule has 11 heteroatoms. The predicted octanol–water partition coefficient (Wildman–Crippen LogP) is 4.69. The van der Waals surface area contributed by atoms with E-state index in [4.69, 9.17) is 42.6 Å². The second-order valence-electron chi connectivity index (χ2n) is 8.88. The van der Waals surface area contributed by atoms with Crippen LogP contribution in [0.2, 0.25) is 10.0 Å². The van der Waals surface area contributed by atoms with E-state index in [0.717, 1.165) is 22.4 Å². The lowest BCUT2D eigenvalue weighted by Gasteiger charge is -2.34. The molecule has 0 saturated carbocycles. The van der Waals surface area contributed by atoms with Crippen LogP contribution in [0.4, 0.5) is 17.5 Å². The van der Waals surface area contributed by atoms with Crippen LogP contribution >= 0.6 is 23.2 Å². The van der Waals surface area contributed by atoms with Gasteiger partial charge < -0.3 is 25.0 Å². The molecule has 0 aliphatic carbocycles. The summed E-state index contributed by atoms with van der Waals surface area (Å²) in [6.07, 6.45) is 5.52. The number of benzene rings is 1. The minimum atomic E-state index is -0.226. The smallest absolute Gasteiger partial charge is 0.243 e. The van der Waals surface area contributed by atoms with Crippen molar-refractivity contribution in [2.75, 3.05) is 30.5 Å². The third-order valence-corrected chi connectivity index (χ3v) is 7.08. The summed E-state index contributed by atoms with van der Waals surface area (Å²) in [7, 11) is 1.56. The Morgan fingerprint density at radius 2 is 2.11 bits per heavy atom. The van der Waals surface area contributed by atoms with E-state index in [1.165, 1.54) is 6.08 Å². The van der Waals surface area contributed by atoms with Gasteiger partial charge in [0.15, 0.2) is 0 Å². The number of hydrogen-bond acceptors (Lipinski definition) is 8. The van der Waals surface area contributed by atoms with Crippen LogP contribution in [0.25, 0.3) is 11.3 Å². The Kier molecular flexibility index (Phi) is 7.19. The number of carbonyl (C=O) groups excluding carboxylic acids is 1. The van der Waals surface area contributed by atoms with Crippen LogP contribution in [-0.2, 0) is 16.1 Å². The van der Waals surface area contributed by atoms with Crippen LogP contribution in [0.15, 0.2) is 43.2 Å². The van der Waals surface area contributed by atoms with E-state index in [9.17, 15) is 4.79 Å². The first-order valence-corrected chi connectivity index (χ1v) is 12.5. The van der Waals surface area contributed by atoms with Gasteiger partial charge in [0.2, 0.25) is 11.9 Å². The van der Waals surface area contributed by atoms with Gasteiger partial charge in [0, 0.05) is 30.1 Å². The highest BCUT2D eigenvalue weighted by Gasteiger charge is 2.31. The third-order valence-electron chi connectivity index (χ3n) is 6.41. The number of nitrogens with zero attached hydrogens (tertiary/aromatic N) is 4. The maximum Gasteiger partial charge on any atom is 0.243 e. The zero-order valence-electron chi connectivity index (χ0n) is 20.4. The highest BCUT2D eigenvalue weighted by molar-refractivity contribution is 6.40. The summed E-state index contributed by atoms with van der Waals surface area (Å²) in [5, 5.41) is 7.18. The normalized spacial score (nSPS) is 18.4. The van der Waals surface area contributed by atoms with Crippen LogP contribution in [-0.4, -0.2) is 53.3 Å². The number of halogens is 2. The SMILES string of the molecule is C=CC(=O)N[C@H]1CCOC[C@H]1Nc1ncc2c(n1)-c1cc(C)cnc1N(c1c(Cl)ccc(OC)c1Cl)C2. The van der Waals surface area contributed by atoms with Gasteiger partial charge in [-0.1, -0.05) is 29.8 Å². The van der Waals surface area contributed by atoms with E-state index in [-0.39, 0.29) is 18.0 Å². The molecule has 4 heterocycles. The van der Waals surface area contributed by atoms with Gasteiger partial charge in [-0.2, -0.15) is 0 Å². The van der Waals surface area contributed by atoms with E-state index in [0.29, 0.717) is 59.4 Å². The Bertz CT molecular complexity index is 1370. The minimum absolute atomic E-state index is 0.136. The summed E-state index contributed by atoms with van der Waals surface area (Å²) in [6.45, 7) is 6.91. The molecule has 37 heavy (non-hydrogen) atoms. The summed E-state index contributed by atoms with van der Waals surface area (Å²) >= 11 is 13.3. The number of carbonyl (C=O) groups is 1. The van der Waals surface area contributed by atoms with Gasteiger partial charge in [0.25, 0.3) is 0 Å². The number of nitrogens with one attached hydrogen (secondary N) is 2. The van der Waals surface area contributed by atoms with Gasteiger partial charge in [-0.3, -0.25) is 4.79 Å². The molecule has 5 rings (SSSR count). The number of ether oxygens (including phenoxy) is 2. The molecular formula is C26H26Cl2N6O3. The number of hydrogen-bond donors (Lipinski definition) is 2. The molecule has 2 atom stereocenters. The van der Waals surface area contributed by atoms with E-state index >= 15 is 0 Å². The fourth-order valence-electron chi connectivity index (χ4n) is 4.59. The van der Waals surface area contributed by atoms with Crippen LogP contribution in [0.5, 0.6) is 5.75 Å². The Morgan fingerprint density at radius 1 is 1.27 bits per heavy atom. The number of methoxy groups -OCH3 is 1. The van der Waals surface area contributed by atoms with Crippen molar-refractivity contribution in [1.82, 2.24) is 20.3 Å². The maximum absolute atomic E-state index is 11.9. The van der Waals surface area contributed by atoms with Crippen molar-refractivity contribution < 1.29 is 14.3 Å². The Hall–Kier alpha value is -3.40. The van der Waals surface area contributed by atoms with Crippen LogP contribution in [0.1, 0.15) is 17.5 Å². The first-order valence-electron chi connectivity index (χ1n) is 11.8. The maximum atomic E-state index is 11.9. The van der Waals surface area contributed by atoms with Crippen molar-refractivity contribution in [3.8, 4) is 17.0 Å². The lowest BCUT2D eigenvalue weighted by Crippen LogP contribution is -2.52. The summed E-state index contributed by atoms with van der Waals surface area (Å²) < 4.78 is 11.1. The second-order valence-corrected chi connectivity index (χ2v) is 9.67. The second kappa shape index (κ2) is 10.5. The molecule has 2 aliphatic rings. The number of aryl methyl sites for hydroxylation is 1. The molecule has 1 aromatic carbocycles. The molecule has 1 saturated heterocycles. The molecule has 2 aromatic heterocycles. The van der Waals surface area contributed by atoms with Crippen molar-refractivity contribution in [3.05, 3.63) is 64.4 Å². The van der Waals surface area contributed by atoms with Crippen molar-refractivity contribution in [3.63, 3.8) is 0 Å². The lowest BCUT2D eigenvalue weighted by atomic mass is 10.0. The molecule has 0 spiro atoms. The van der Waals surface area contributed by atoms with Crippen LogP contribution < -0.4 is 20.3 Å². The average molecular weight is 541 g/mol. The first kappa shape index (κ1) is 25.3. The van der Waals surface area contributed by atoms with E-state index < -0.39 is 0 Å². The zero-order valence-corrected chi connectivity index (χ0v) is 21.9. The molecule has 3 aromatic rings. The quantitative estimate of drug-likeness (QED) is 0.434. The number of fused-ring (bicyclic) bond motifs is 3. The van der Waals surface area contributed by atoms with Crippen molar-refractivity contribution in [2.24, 2.45) is 0 Å². The molecule has 1 amide bonds. The molecule has 0 unspecified atom stereocenters. The standard InChI is InChI=1S/C26H26Cl2N6O3/c1-4-21(35)31-18-7-8-37-13-19(18)32-26-30-11-15-12-34(24-17(27)5-6-20(36-3)22(24)28)25-16(23(15)33-26)9-14(2)10-29-25/h4-6,9-11,18-19H,1,7-8,12-13H2,2-3H3,(H,31,35)(H,30,32,33)/t18-,19+/m0/s1. The number of anilines is 3. The summed E-state index contributed by atoms with van der Waals surface area (Å²) in [4.78, 5) is 28.0. The van der Waals surface area contributed by atoms with E-state index in [1.807, 2.05) is 17.9 Å². The molecular weight excluding hydrogens is 515 g/mol. The molecule has 192 valence electrons. The van der Waals surface area contributed by atoms with Gasteiger partial charge in [0.05, 0.1) is 48.7 Å². The minimum Gasteiger partial charge on any atom is -0.495 e. The first-order chi connectivity index (χ1) is 17.9. The number of rotatable bonds is 6. The predicted molar refractivity (Wildman–Crippen MR) is 144 cm³/mol. The Labute approximate surface area is 224 Å². The monoisotopic (exact) mass is 540 g/mol. The average Bonchev–Trinajstić information content (AvgIpc) is 2.90.